The van der Waals surface area contributed by atoms with E-state index in [1.165, 1.54) is 7.11 Å². The second-order valence-electron chi connectivity index (χ2n) is 11.9. The second-order valence-corrected chi connectivity index (χ2v) is 11.9. The third-order valence-corrected chi connectivity index (χ3v) is 8.95. The number of nitrogens with one attached hydrogen (secondary N) is 1. The number of hydrogen-bond acceptors (Lipinski definition) is 9. The molecule has 1 fully saturated rings. The number of aromatic nitrogens is 7. The number of ketones is 1. The van der Waals surface area contributed by atoms with Gasteiger partial charge in [-0.05, 0) is 79.7 Å². The summed E-state index contributed by atoms with van der Waals surface area (Å²) in [5.74, 6) is 1.20. The number of nitrogens with zero attached hydrogens (tertiary/aromatic N) is 7. The number of aryl methyl sites for hydroxylation is 2. The van der Waals surface area contributed by atoms with Crippen LogP contribution in [0.4, 0.5) is 0 Å². The van der Waals surface area contributed by atoms with Crippen molar-refractivity contribution in [3.8, 4) is 34.6 Å². The van der Waals surface area contributed by atoms with Gasteiger partial charge in [0, 0.05) is 43.2 Å². The topological polar surface area (TPSA) is 143 Å². The highest BCUT2D eigenvalue weighted by Gasteiger charge is 2.34. The van der Waals surface area contributed by atoms with Crippen molar-refractivity contribution < 1.29 is 9.53 Å². The highest BCUT2D eigenvalue weighted by molar-refractivity contribution is 5.86. The van der Waals surface area contributed by atoms with Gasteiger partial charge in [0.25, 0.3) is 0 Å². The lowest BCUT2D eigenvalue weighted by Crippen LogP contribution is -2.28. The number of benzene rings is 1. The highest BCUT2D eigenvalue weighted by Crippen LogP contribution is 2.40. The Morgan fingerprint density at radius 1 is 1.00 bits per heavy atom. The maximum Gasteiger partial charge on any atom is 0.316 e. The summed E-state index contributed by atoms with van der Waals surface area (Å²) < 4.78 is 5.12. The summed E-state index contributed by atoms with van der Waals surface area (Å²) in [6, 6.07) is 16.6. The SMILES string of the molecule is COc1ncc(-c2ccnc(C(C(=O)CCc3ccccc3)C3CCC(Cc4ncc(C#N)c(-c5[nH]ncc5C)n4)CC3)c2)cn1. The smallest absolute Gasteiger partial charge is 0.316 e. The Bertz CT molecular complexity index is 1820. The monoisotopic (exact) mass is 612 g/mol. The first-order valence-electron chi connectivity index (χ1n) is 15.7. The van der Waals surface area contributed by atoms with Crippen molar-refractivity contribution in [2.75, 3.05) is 7.11 Å². The summed E-state index contributed by atoms with van der Waals surface area (Å²) in [6.45, 7) is 1.94. The van der Waals surface area contributed by atoms with Crippen LogP contribution in [0.1, 0.15) is 66.2 Å². The molecule has 1 aliphatic carbocycles. The van der Waals surface area contributed by atoms with Crippen LogP contribution in [0.3, 0.4) is 0 Å². The minimum Gasteiger partial charge on any atom is -0.467 e. The molecule has 10 heteroatoms. The van der Waals surface area contributed by atoms with Crippen LogP contribution in [0, 0.1) is 30.1 Å². The number of H-pyrrole nitrogens is 1. The molecule has 0 amide bonds. The van der Waals surface area contributed by atoms with Gasteiger partial charge in [-0.3, -0.25) is 14.9 Å². The molecule has 0 radical (unpaired) electrons. The zero-order valence-corrected chi connectivity index (χ0v) is 26.1. The Morgan fingerprint density at radius 3 is 2.48 bits per heavy atom. The lowest BCUT2D eigenvalue weighted by Gasteiger charge is -2.33. The van der Waals surface area contributed by atoms with Crippen molar-refractivity contribution in [1.82, 2.24) is 35.1 Å². The van der Waals surface area contributed by atoms with E-state index in [-0.39, 0.29) is 17.6 Å². The highest BCUT2D eigenvalue weighted by atomic mass is 16.5. The molecule has 0 saturated heterocycles. The van der Waals surface area contributed by atoms with Gasteiger partial charge in [0.15, 0.2) is 0 Å². The molecule has 1 unspecified atom stereocenters. The zero-order valence-electron chi connectivity index (χ0n) is 26.1. The predicted octanol–water partition coefficient (Wildman–Crippen LogP) is 6.24. The number of methoxy groups -OCH3 is 1. The van der Waals surface area contributed by atoms with Crippen LogP contribution in [0.2, 0.25) is 0 Å². The lowest BCUT2D eigenvalue weighted by atomic mass is 9.71. The van der Waals surface area contributed by atoms with Gasteiger partial charge in [0.1, 0.15) is 23.4 Å². The van der Waals surface area contributed by atoms with Crippen molar-refractivity contribution in [2.24, 2.45) is 11.8 Å². The molecule has 1 atom stereocenters. The van der Waals surface area contributed by atoms with Gasteiger partial charge in [-0.2, -0.15) is 10.4 Å². The van der Waals surface area contributed by atoms with E-state index >= 15 is 0 Å². The van der Waals surface area contributed by atoms with Gasteiger partial charge in [-0.1, -0.05) is 30.3 Å². The molecule has 1 aliphatic rings. The minimum atomic E-state index is -0.301. The molecule has 4 heterocycles. The Labute approximate surface area is 268 Å². The normalized spacial score (nSPS) is 16.8. The first kappa shape index (κ1) is 30.7. The molecule has 4 aromatic heterocycles. The number of pyridine rings is 1. The molecule has 5 aromatic rings. The lowest BCUT2D eigenvalue weighted by molar-refractivity contribution is -0.122. The van der Waals surface area contributed by atoms with Crippen molar-refractivity contribution in [1.29, 1.82) is 5.26 Å². The summed E-state index contributed by atoms with van der Waals surface area (Å²) in [7, 11) is 1.54. The van der Waals surface area contributed by atoms with Crippen LogP contribution in [0.15, 0.2) is 73.4 Å². The van der Waals surface area contributed by atoms with Crippen molar-refractivity contribution in [2.45, 2.75) is 57.8 Å². The molecular weight excluding hydrogens is 576 g/mol. The number of carbonyl (C=O) groups is 1. The van der Waals surface area contributed by atoms with E-state index in [1.807, 2.05) is 37.3 Å². The molecule has 1 N–H and O–H groups in total. The van der Waals surface area contributed by atoms with Crippen LogP contribution in [0.25, 0.3) is 22.5 Å². The Balaban J connectivity index is 1.20. The molecule has 232 valence electrons. The molecule has 6 rings (SSSR count). The maximum atomic E-state index is 14.0. The fourth-order valence-corrected chi connectivity index (χ4v) is 6.46. The molecule has 1 saturated carbocycles. The number of hydrogen-bond donors (Lipinski definition) is 1. The summed E-state index contributed by atoms with van der Waals surface area (Å²) in [5, 5.41) is 16.7. The van der Waals surface area contributed by atoms with E-state index in [9.17, 15) is 10.1 Å². The van der Waals surface area contributed by atoms with Crippen LogP contribution in [0.5, 0.6) is 6.01 Å². The number of aromatic amines is 1. The number of Topliss-reactive ketones (excluding diaryl/α,β-unsaturated/α-hetero) is 1. The Morgan fingerprint density at radius 2 is 1.78 bits per heavy atom. The van der Waals surface area contributed by atoms with Gasteiger partial charge in [0.05, 0.1) is 36.2 Å². The second kappa shape index (κ2) is 14.2. The molecule has 0 spiro atoms. The van der Waals surface area contributed by atoms with E-state index in [0.29, 0.717) is 36.0 Å². The molecule has 10 nitrogen and oxygen atoms in total. The minimum absolute atomic E-state index is 0.180. The van der Waals surface area contributed by atoms with Crippen LogP contribution in [-0.2, 0) is 17.6 Å². The van der Waals surface area contributed by atoms with E-state index in [4.69, 9.17) is 14.7 Å². The first-order chi connectivity index (χ1) is 22.5. The maximum absolute atomic E-state index is 14.0. The zero-order chi connectivity index (χ0) is 31.9. The van der Waals surface area contributed by atoms with E-state index < -0.39 is 0 Å². The third kappa shape index (κ3) is 6.99. The van der Waals surface area contributed by atoms with E-state index in [2.05, 4.69) is 43.4 Å². The fourth-order valence-electron chi connectivity index (χ4n) is 6.46. The largest absolute Gasteiger partial charge is 0.467 e. The quantitative estimate of drug-likeness (QED) is 0.183. The first-order valence-corrected chi connectivity index (χ1v) is 15.7. The molecule has 0 bridgehead atoms. The molecular formula is C36H36N8O2. The number of ether oxygens (including phenoxy) is 1. The summed E-state index contributed by atoms with van der Waals surface area (Å²) in [5.41, 5.74) is 6.41. The van der Waals surface area contributed by atoms with E-state index in [0.717, 1.165) is 71.6 Å². The van der Waals surface area contributed by atoms with Crippen molar-refractivity contribution >= 4 is 5.78 Å². The molecule has 0 aliphatic heterocycles. The van der Waals surface area contributed by atoms with Crippen LogP contribution < -0.4 is 4.74 Å². The average Bonchev–Trinajstić information content (AvgIpc) is 3.54. The standard InChI is InChI=1S/C36H36N8O2/c1-23-19-42-44-34(23)35-28(18-37)20-39-32(43-35)16-25-8-11-26(12-9-25)33(31(45)13-10-24-6-4-3-5-7-24)30-17-27(14-15-38-30)29-21-40-36(46-2)41-22-29/h3-7,14-15,17,19-22,25-26,33H,8-13,16H2,1-2H3,(H,42,44). The summed E-state index contributed by atoms with van der Waals surface area (Å²) >= 11 is 0. The van der Waals surface area contributed by atoms with Gasteiger partial charge in [0.2, 0.25) is 0 Å². The van der Waals surface area contributed by atoms with Gasteiger partial charge >= 0.3 is 6.01 Å². The van der Waals surface area contributed by atoms with E-state index in [1.54, 1.807) is 31.0 Å². The predicted molar refractivity (Wildman–Crippen MR) is 173 cm³/mol. The van der Waals surface area contributed by atoms with Gasteiger partial charge in [-0.15, -0.1) is 0 Å². The van der Waals surface area contributed by atoms with Crippen LogP contribution >= 0.6 is 0 Å². The Hall–Kier alpha value is -5.30. The number of rotatable bonds is 11. The number of carbonyl (C=O) groups excluding carboxylic acids is 1. The van der Waals surface area contributed by atoms with Crippen LogP contribution in [-0.4, -0.2) is 48.0 Å². The Kier molecular flexibility index (Phi) is 9.48. The summed E-state index contributed by atoms with van der Waals surface area (Å²) in [6.07, 6.45) is 14.2. The third-order valence-electron chi connectivity index (χ3n) is 8.95. The summed E-state index contributed by atoms with van der Waals surface area (Å²) in [4.78, 5) is 36.6. The fraction of sp³-hybridized carbons (Fsp3) is 0.333. The average molecular weight is 613 g/mol. The number of nitriles is 1. The molecule has 1 aromatic carbocycles. The van der Waals surface area contributed by atoms with Gasteiger partial charge in [-0.25, -0.2) is 19.9 Å². The van der Waals surface area contributed by atoms with Crippen molar-refractivity contribution in [3.63, 3.8) is 0 Å². The van der Waals surface area contributed by atoms with Crippen molar-refractivity contribution in [3.05, 3.63) is 102 Å². The molecule has 46 heavy (non-hydrogen) atoms. The van der Waals surface area contributed by atoms with Gasteiger partial charge < -0.3 is 4.74 Å².